The molecule has 0 amide bonds. The van der Waals surface area contributed by atoms with Crippen molar-refractivity contribution in [2.24, 2.45) is 5.92 Å². The monoisotopic (exact) mass is 355 g/mol. The minimum Gasteiger partial charge on any atom is -0.348 e. The molecule has 1 N–H and O–H groups in total. The lowest BCUT2D eigenvalue weighted by Gasteiger charge is -2.32. The number of nitrogens with one attached hydrogen (secondary N) is 1. The molecule has 1 unspecified atom stereocenters. The lowest BCUT2D eigenvalue weighted by Crippen LogP contribution is -2.41. The number of aromatic nitrogens is 1. The average molecular weight is 355 g/mol. The van der Waals surface area contributed by atoms with Crippen LogP contribution in [0.3, 0.4) is 0 Å². The topological polar surface area (TPSA) is 62.3 Å². The van der Waals surface area contributed by atoms with Gasteiger partial charge in [0.25, 0.3) is 0 Å². The van der Waals surface area contributed by atoms with E-state index in [0.717, 1.165) is 43.2 Å². The van der Waals surface area contributed by atoms with Crippen molar-refractivity contribution in [2.45, 2.75) is 17.7 Å². The number of hydrogen-bond acceptors (Lipinski definition) is 5. The minimum atomic E-state index is -3.60. The first-order valence-electron chi connectivity index (χ1n) is 7.44. The van der Waals surface area contributed by atoms with Crippen LogP contribution in [0.2, 0.25) is 0 Å². The summed E-state index contributed by atoms with van der Waals surface area (Å²) in [5.41, 5.74) is 0. The maximum atomic E-state index is 12.9. The summed E-state index contributed by atoms with van der Waals surface area (Å²) >= 11 is 1.59. The molecule has 1 aliphatic heterocycles. The number of rotatable bonds is 5. The fourth-order valence-electron chi connectivity index (χ4n) is 2.70. The summed E-state index contributed by atoms with van der Waals surface area (Å²) in [5.74, 6) is -0.210. The highest BCUT2D eigenvalue weighted by atomic mass is 32.2. The largest absolute Gasteiger partial charge is 0.348 e. The number of sulfonamides is 1. The van der Waals surface area contributed by atoms with Gasteiger partial charge in [-0.1, -0.05) is 0 Å². The first-order chi connectivity index (χ1) is 11.0. The number of benzene rings is 1. The molecule has 0 saturated carbocycles. The van der Waals surface area contributed by atoms with Crippen LogP contribution >= 0.6 is 11.3 Å². The van der Waals surface area contributed by atoms with E-state index in [-0.39, 0.29) is 10.8 Å². The Balaban J connectivity index is 1.60. The summed E-state index contributed by atoms with van der Waals surface area (Å²) in [6.45, 7) is 2.12. The van der Waals surface area contributed by atoms with Crippen LogP contribution in [0.1, 0.15) is 12.8 Å². The molecular formula is C15H18FN3O2S2. The van der Waals surface area contributed by atoms with Crippen molar-refractivity contribution in [1.82, 2.24) is 9.71 Å². The van der Waals surface area contributed by atoms with Crippen LogP contribution < -0.4 is 9.62 Å². The minimum absolute atomic E-state index is 0.0893. The molecule has 0 bridgehead atoms. The standard InChI is InChI=1S/C15H18FN3O2S2/c16-13-3-5-14(6-4-13)23(20,21)18-10-12-2-1-8-19(11-12)15-17-7-9-22-15/h3-7,9,12,18H,1-2,8,10-11H2. The zero-order valence-corrected chi connectivity index (χ0v) is 14.1. The molecule has 1 fully saturated rings. The zero-order chi connectivity index (χ0) is 16.3. The van der Waals surface area contributed by atoms with Gasteiger partial charge in [0.05, 0.1) is 4.90 Å². The van der Waals surface area contributed by atoms with Gasteiger partial charge < -0.3 is 4.90 Å². The van der Waals surface area contributed by atoms with E-state index in [2.05, 4.69) is 14.6 Å². The highest BCUT2D eigenvalue weighted by Crippen LogP contribution is 2.24. The molecule has 0 radical (unpaired) electrons. The van der Waals surface area contributed by atoms with Crippen LogP contribution in [-0.2, 0) is 10.0 Å². The molecule has 2 heterocycles. The first-order valence-corrected chi connectivity index (χ1v) is 9.80. The Morgan fingerprint density at radius 2 is 2.13 bits per heavy atom. The normalized spacial score (nSPS) is 19.0. The van der Waals surface area contributed by atoms with Crippen LogP contribution in [0.4, 0.5) is 9.52 Å². The van der Waals surface area contributed by atoms with Crippen molar-refractivity contribution in [3.05, 3.63) is 41.7 Å². The summed E-state index contributed by atoms with van der Waals surface area (Å²) in [4.78, 5) is 6.60. The molecule has 1 atom stereocenters. The van der Waals surface area contributed by atoms with E-state index in [1.54, 1.807) is 17.5 Å². The summed E-state index contributed by atoms with van der Waals surface area (Å²) in [6, 6.07) is 4.86. The van der Waals surface area contributed by atoms with Crippen molar-refractivity contribution in [1.29, 1.82) is 0 Å². The molecule has 0 spiro atoms. The Hall–Kier alpha value is -1.51. The Morgan fingerprint density at radius 3 is 2.83 bits per heavy atom. The van der Waals surface area contributed by atoms with Crippen molar-refractivity contribution in [2.75, 3.05) is 24.5 Å². The van der Waals surface area contributed by atoms with E-state index < -0.39 is 15.8 Å². The Labute approximate surface area is 139 Å². The van der Waals surface area contributed by atoms with Gasteiger partial charge in [-0.05, 0) is 43.0 Å². The van der Waals surface area contributed by atoms with Crippen molar-refractivity contribution in [3.63, 3.8) is 0 Å². The molecule has 3 rings (SSSR count). The van der Waals surface area contributed by atoms with E-state index in [1.165, 1.54) is 12.1 Å². The lowest BCUT2D eigenvalue weighted by atomic mass is 9.99. The molecule has 0 aliphatic carbocycles. The highest BCUT2D eigenvalue weighted by Gasteiger charge is 2.23. The fourth-order valence-corrected chi connectivity index (χ4v) is 4.50. The highest BCUT2D eigenvalue weighted by molar-refractivity contribution is 7.89. The summed E-state index contributed by atoms with van der Waals surface area (Å²) in [5, 5.41) is 2.92. The van der Waals surface area contributed by atoms with E-state index in [1.807, 2.05) is 5.38 Å². The second kappa shape index (κ2) is 6.94. The predicted molar refractivity (Wildman–Crippen MR) is 88.6 cm³/mol. The number of halogens is 1. The van der Waals surface area contributed by atoms with Crippen molar-refractivity contribution >= 4 is 26.5 Å². The molecule has 1 saturated heterocycles. The van der Waals surface area contributed by atoms with Crippen LogP contribution in [0, 0.1) is 11.7 Å². The third-order valence-corrected chi connectivity index (χ3v) is 6.17. The third-order valence-electron chi connectivity index (χ3n) is 3.89. The van der Waals surface area contributed by atoms with Gasteiger partial charge in [0.15, 0.2) is 5.13 Å². The van der Waals surface area contributed by atoms with Gasteiger partial charge in [0, 0.05) is 31.2 Å². The van der Waals surface area contributed by atoms with Crippen LogP contribution in [0.15, 0.2) is 40.7 Å². The average Bonchev–Trinajstić information content (AvgIpc) is 3.08. The molecule has 124 valence electrons. The molecule has 8 heteroatoms. The summed E-state index contributed by atoms with van der Waals surface area (Å²) in [7, 11) is -3.60. The quantitative estimate of drug-likeness (QED) is 0.895. The Kier molecular flexibility index (Phi) is 4.93. The summed E-state index contributed by atoms with van der Waals surface area (Å²) < 4.78 is 40.0. The molecule has 1 aromatic carbocycles. The summed E-state index contributed by atoms with van der Waals surface area (Å²) in [6.07, 6.45) is 3.77. The van der Waals surface area contributed by atoms with E-state index in [0.29, 0.717) is 6.54 Å². The van der Waals surface area contributed by atoms with E-state index in [4.69, 9.17) is 0 Å². The number of nitrogens with zero attached hydrogens (tertiary/aromatic N) is 2. The molecule has 1 aromatic heterocycles. The lowest BCUT2D eigenvalue weighted by molar-refractivity contribution is 0.410. The Morgan fingerprint density at radius 1 is 1.35 bits per heavy atom. The van der Waals surface area contributed by atoms with Gasteiger partial charge in [-0.2, -0.15) is 0 Å². The Bertz CT molecular complexity index is 733. The molecule has 1 aliphatic rings. The second-order valence-corrected chi connectivity index (χ2v) is 8.21. The van der Waals surface area contributed by atoms with Crippen LogP contribution in [-0.4, -0.2) is 33.0 Å². The number of piperidine rings is 1. The van der Waals surface area contributed by atoms with Gasteiger partial charge >= 0.3 is 0 Å². The van der Waals surface area contributed by atoms with Crippen molar-refractivity contribution in [3.8, 4) is 0 Å². The van der Waals surface area contributed by atoms with E-state index in [9.17, 15) is 12.8 Å². The zero-order valence-electron chi connectivity index (χ0n) is 12.5. The smallest absolute Gasteiger partial charge is 0.240 e. The van der Waals surface area contributed by atoms with Crippen molar-refractivity contribution < 1.29 is 12.8 Å². The molecular weight excluding hydrogens is 337 g/mol. The van der Waals surface area contributed by atoms with Gasteiger partial charge in [-0.25, -0.2) is 22.5 Å². The first kappa shape index (κ1) is 16.4. The molecule has 23 heavy (non-hydrogen) atoms. The van der Waals surface area contributed by atoms with Gasteiger partial charge in [-0.15, -0.1) is 11.3 Å². The predicted octanol–water partition coefficient (Wildman–Crippen LogP) is 2.48. The molecule has 2 aromatic rings. The van der Waals surface area contributed by atoms with E-state index >= 15 is 0 Å². The number of thiazole rings is 1. The van der Waals surface area contributed by atoms with Gasteiger partial charge in [0.2, 0.25) is 10.0 Å². The maximum absolute atomic E-state index is 12.9. The molecule has 5 nitrogen and oxygen atoms in total. The number of hydrogen-bond donors (Lipinski definition) is 1. The number of anilines is 1. The van der Waals surface area contributed by atoms with Gasteiger partial charge in [-0.3, -0.25) is 0 Å². The van der Waals surface area contributed by atoms with Crippen LogP contribution in [0.25, 0.3) is 0 Å². The fraction of sp³-hybridized carbons (Fsp3) is 0.400. The SMILES string of the molecule is O=S(=O)(NCC1CCCN(c2nccs2)C1)c1ccc(F)cc1. The second-order valence-electron chi connectivity index (χ2n) is 5.57. The third kappa shape index (κ3) is 4.07. The van der Waals surface area contributed by atoms with Crippen LogP contribution in [0.5, 0.6) is 0 Å². The maximum Gasteiger partial charge on any atom is 0.240 e. The van der Waals surface area contributed by atoms with Gasteiger partial charge in [0.1, 0.15) is 5.82 Å².